The summed E-state index contributed by atoms with van der Waals surface area (Å²) in [5.74, 6) is 0.682. The number of aliphatic hydroxyl groups is 1. The number of nitrogens with one attached hydrogen (secondary N) is 3. The van der Waals surface area contributed by atoms with E-state index in [2.05, 4.69) is 15.6 Å². The Balaban J connectivity index is 1.30. The van der Waals surface area contributed by atoms with Crippen molar-refractivity contribution in [2.24, 2.45) is 0 Å². The largest absolute Gasteiger partial charge is 0.506 e. The first-order valence-corrected chi connectivity index (χ1v) is 13.2. The van der Waals surface area contributed by atoms with Crippen LogP contribution in [0.15, 0.2) is 77.6 Å². The topological polar surface area (TPSA) is 124 Å². The van der Waals surface area contributed by atoms with Crippen LogP contribution < -0.4 is 20.9 Å². The van der Waals surface area contributed by atoms with Gasteiger partial charge in [0.1, 0.15) is 11.5 Å². The second kappa shape index (κ2) is 13.1. The van der Waals surface area contributed by atoms with Gasteiger partial charge in [-0.1, -0.05) is 48.5 Å². The first kappa shape index (κ1) is 27.9. The van der Waals surface area contributed by atoms with Crippen LogP contribution in [0.5, 0.6) is 11.5 Å². The number of fused-ring (bicyclic) bond motifs is 1. The smallest absolute Gasteiger partial charge is 0.248 e. The van der Waals surface area contributed by atoms with Crippen LogP contribution in [0.1, 0.15) is 42.2 Å². The summed E-state index contributed by atoms with van der Waals surface area (Å²) in [6.07, 6.45) is 0.165. The summed E-state index contributed by atoms with van der Waals surface area (Å²) in [5.41, 5.74) is 3.58. The van der Waals surface area contributed by atoms with Crippen LogP contribution >= 0.6 is 0 Å². The molecule has 0 saturated carbocycles. The Morgan fingerprint density at radius 2 is 1.82 bits per heavy atom. The van der Waals surface area contributed by atoms with E-state index in [0.29, 0.717) is 42.6 Å². The number of benzene rings is 3. The number of aliphatic hydroxyl groups excluding tert-OH is 1. The number of carbonyl (C=O) groups excluding carboxylic acids is 1. The number of aromatic nitrogens is 1. The van der Waals surface area contributed by atoms with E-state index in [9.17, 15) is 19.8 Å². The minimum absolute atomic E-state index is 0.0381. The molecule has 8 heteroatoms. The number of aromatic hydroxyl groups is 1. The van der Waals surface area contributed by atoms with Gasteiger partial charge in [-0.2, -0.15) is 0 Å². The molecule has 0 spiro atoms. The number of para-hydroxylation sites is 1. The second-order valence-electron chi connectivity index (χ2n) is 9.63. The van der Waals surface area contributed by atoms with Crippen molar-refractivity contribution in [3.05, 3.63) is 105 Å². The van der Waals surface area contributed by atoms with Gasteiger partial charge in [-0.05, 0) is 55.2 Å². The molecule has 1 amide bonds. The highest BCUT2D eigenvalue weighted by Gasteiger charge is 2.15. The summed E-state index contributed by atoms with van der Waals surface area (Å²) in [7, 11) is 0. The van der Waals surface area contributed by atoms with Gasteiger partial charge in [0, 0.05) is 36.1 Å². The molecule has 5 N–H and O–H groups in total. The van der Waals surface area contributed by atoms with E-state index in [0.717, 1.165) is 22.4 Å². The van der Waals surface area contributed by atoms with Crippen molar-refractivity contribution in [2.75, 3.05) is 13.2 Å². The van der Waals surface area contributed by atoms with Crippen LogP contribution in [0.25, 0.3) is 10.9 Å². The zero-order chi connectivity index (χ0) is 27.8. The predicted molar refractivity (Wildman–Crippen MR) is 152 cm³/mol. The predicted octanol–water partition coefficient (Wildman–Crippen LogP) is 3.75. The maximum Gasteiger partial charge on any atom is 0.248 e. The Morgan fingerprint density at radius 1 is 1.03 bits per heavy atom. The lowest BCUT2D eigenvalue weighted by molar-refractivity contribution is -0.120. The molecular formula is C31H35N3O5. The van der Waals surface area contributed by atoms with Gasteiger partial charge in [-0.25, -0.2) is 0 Å². The molecule has 0 fully saturated rings. The van der Waals surface area contributed by atoms with Gasteiger partial charge in [0.15, 0.2) is 0 Å². The van der Waals surface area contributed by atoms with Gasteiger partial charge in [0.2, 0.25) is 11.5 Å². The van der Waals surface area contributed by atoms with Crippen molar-refractivity contribution in [2.45, 2.75) is 45.4 Å². The molecule has 0 saturated heterocycles. The third-order valence-electron chi connectivity index (χ3n) is 6.57. The van der Waals surface area contributed by atoms with Crippen molar-refractivity contribution in [1.82, 2.24) is 15.6 Å². The number of ether oxygens (including phenoxy) is 1. The summed E-state index contributed by atoms with van der Waals surface area (Å²) < 4.78 is 5.63. The molecule has 0 bridgehead atoms. The molecule has 204 valence electrons. The number of hydrogen-bond donors (Lipinski definition) is 5. The van der Waals surface area contributed by atoms with E-state index in [-0.39, 0.29) is 29.7 Å². The fourth-order valence-corrected chi connectivity index (χ4v) is 4.65. The van der Waals surface area contributed by atoms with Crippen LogP contribution in [0.3, 0.4) is 0 Å². The van der Waals surface area contributed by atoms with Gasteiger partial charge in [-0.3, -0.25) is 9.59 Å². The van der Waals surface area contributed by atoms with Crippen molar-refractivity contribution < 1.29 is 19.7 Å². The van der Waals surface area contributed by atoms with E-state index < -0.39 is 6.10 Å². The minimum atomic E-state index is -0.829. The van der Waals surface area contributed by atoms with Crippen molar-refractivity contribution in [3.63, 3.8) is 0 Å². The number of phenolic OH excluding ortho intramolecular Hbond substituents is 1. The van der Waals surface area contributed by atoms with Crippen LogP contribution in [0.2, 0.25) is 0 Å². The van der Waals surface area contributed by atoms with E-state index >= 15 is 0 Å². The Hall–Kier alpha value is -4.14. The number of phenols is 1. The van der Waals surface area contributed by atoms with Crippen LogP contribution in [0, 0.1) is 0 Å². The third-order valence-corrected chi connectivity index (χ3v) is 6.57. The first-order valence-electron chi connectivity index (χ1n) is 13.2. The zero-order valence-corrected chi connectivity index (χ0v) is 22.2. The lowest BCUT2D eigenvalue weighted by Crippen LogP contribution is -2.32. The summed E-state index contributed by atoms with van der Waals surface area (Å²) in [6.45, 7) is 5.24. The summed E-state index contributed by atoms with van der Waals surface area (Å²) in [4.78, 5) is 26.9. The van der Waals surface area contributed by atoms with Gasteiger partial charge in [0.05, 0.1) is 24.6 Å². The zero-order valence-electron chi connectivity index (χ0n) is 22.2. The Labute approximate surface area is 227 Å². The molecule has 0 aliphatic carbocycles. The van der Waals surface area contributed by atoms with Crippen LogP contribution in [0.4, 0.5) is 0 Å². The number of carbonyl (C=O) groups is 1. The van der Waals surface area contributed by atoms with Crippen LogP contribution in [-0.2, 0) is 24.2 Å². The molecule has 39 heavy (non-hydrogen) atoms. The fourth-order valence-electron chi connectivity index (χ4n) is 4.65. The molecule has 1 aromatic heterocycles. The van der Waals surface area contributed by atoms with E-state index in [1.54, 1.807) is 12.1 Å². The SMILES string of the molecule is CCOc1ccccc1CNC(=O)Cc1cccc(C[C@@H](C)NC[C@H](O)c2ccc(O)c3[nH]c(=O)ccc23)c1. The lowest BCUT2D eigenvalue weighted by atomic mass is 10.0. The number of pyridine rings is 1. The van der Waals surface area contributed by atoms with E-state index in [1.165, 1.54) is 12.1 Å². The Bertz CT molecular complexity index is 1480. The molecule has 0 radical (unpaired) electrons. The summed E-state index contributed by atoms with van der Waals surface area (Å²) in [6, 6.07) is 21.8. The number of amides is 1. The number of hydrogen-bond acceptors (Lipinski definition) is 6. The van der Waals surface area contributed by atoms with Crippen molar-refractivity contribution >= 4 is 16.8 Å². The Morgan fingerprint density at radius 3 is 2.64 bits per heavy atom. The highest BCUT2D eigenvalue weighted by Crippen LogP contribution is 2.28. The van der Waals surface area contributed by atoms with E-state index in [4.69, 9.17) is 4.74 Å². The molecule has 1 heterocycles. The average Bonchev–Trinajstić information content (AvgIpc) is 2.92. The molecule has 4 rings (SSSR count). The highest BCUT2D eigenvalue weighted by atomic mass is 16.5. The maximum atomic E-state index is 12.6. The number of H-pyrrole nitrogens is 1. The van der Waals surface area contributed by atoms with Gasteiger partial charge >= 0.3 is 0 Å². The maximum absolute atomic E-state index is 12.6. The molecule has 3 aromatic carbocycles. The quantitative estimate of drug-likeness (QED) is 0.191. The third kappa shape index (κ3) is 7.46. The molecule has 0 aliphatic rings. The number of rotatable bonds is 12. The van der Waals surface area contributed by atoms with Crippen molar-refractivity contribution in [3.8, 4) is 11.5 Å². The molecule has 2 atom stereocenters. The van der Waals surface area contributed by atoms with Gasteiger partial charge < -0.3 is 30.6 Å². The van der Waals surface area contributed by atoms with Crippen molar-refractivity contribution in [1.29, 1.82) is 0 Å². The van der Waals surface area contributed by atoms with Crippen LogP contribution in [-0.4, -0.2) is 40.3 Å². The molecular weight excluding hydrogens is 494 g/mol. The average molecular weight is 530 g/mol. The minimum Gasteiger partial charge on any atom is -0.506 e. The summed E-state index contributed by atoms with van der Waals surface area (Å²) >= 11 is 0. The summed E-state index contributed by atoms with van der Waals surface area (Å²) in [5, 5.41) is 27.8. The molecule has 8 nitrogen and oxygen atoms in total. The van der Waals surface area contributed by atoms with Gasteiger partial charge in [-0.15, -0.1) is 0 Å². The lowest BCUT2D eigenvalue weighted by Gasteiger charge is -2.19. The Kier molecular flexibility index (Phi) is 9.35. The first-order chi connectivity index (χ1) is 18.8. The fraction of sp³-hybridized carbons (Fsp3) is 0.290. The van der Waals surface area contributed by atoms with Gasteiger partial charge in [0.25, 0.3) is 0 Å². The second-order valence-corrected chi connectivity index (χ2v) is 9.63. The molecule has 4 aromatic rings. The normalized spacial score (nSPS) is 12.7. The molecule has 0 unspecified atom stereocenters. The molecule has 0 aliphatic heterocycles. The van der Waals surface area contributed by atoms with E-state index in [1.807, 2.05) is 62.4 Å². The highest BCUT2D eigenvalue weighted by molar-refractivity contribution is 5.87. The number of aromatic amines is 1. The monoisotopic (exact) mass is 529 g/mol. The standard InChI is InChI=1S/C31H35N3O5/c1-3-39-28-10-5-4-9-23(28)18-33-30(38)17-22-8-6-7-21(16-22)15-20(2)32-19-27(36)24-11-13-26(35)31-25(24)12-14-29(37)34-31/h4-14,16,20,27,32,35-36H,3,15,17-19H2,1-2H3,(H,33,38)(H,34,37)/t20-,27+/m1/s1.